The third-order valence-electron chi connectivity index (χ3n) is 7.19. The second-order valence-corrected chi connectivity index (χ2v) is 9.81. The fraction of sp³-hybridized carbons (Fsp3) is 0.458. The van der Waals surface area contributed by atoms with E-state index in [2.05, 4.69) is 45.6 Å². The molecule has 1 aliphatic heterocycles. The number of hydrogen-bond acceptors (Lipinski definition) is 6. The average molecular weight is 433 g/mol. The van der Waals surface area contributed by atoms with Crippen molar-refractivity contribution in [3.8, 4) is 5.75 Å². The zero-order valence-corrected chi connectivity index (χ0v) is 18.6. The molecule has 0 amide bonds. The van der Waals surface area contributed by atoms with Crippen molar-refractivity contribution in [2.24, 2.45) is 18.9 Å². The van der Waals surface area contributed by atoms with Gasteiger partial charge in [0.1, 0.15) is 23.5 Å². The van der Waals surface area contributed by atoms with Crippen molar-refractivity contribution in [1.29, 1.82) is 0 Å². The van der Waals surface area contributed by atoms with Crippen molar-refractivity contribution in [3.05, 3.63) is 43.1 Å². The third kappa shape index (κ3) is 3.04. The summed E-state index contributed by atoms with van der Waals surface area (Å²) in [5.74, 6) is 2.20. The van der Waals surface area contributed by atoms with Crippen LogP contribution in [0.3, 0.4) is 0 Å². The summed E-state index contributed by atoms with van der Waals surface area (Å²) in [5, 5.41) is 0.893. The first kappa shape index (κ1) is 19.5. The Morgan fingerprint density at radius 2 is 2.09 bits per heavy atom. The molecule has 2 aliphatic rings. The highest BCUT2D eigenvalue weighted by Crippen LogP contribution is 2.52. The van der Waals surface area contributed by atoms with E-state index in [1.807, 2.05) is 36.1 Å². The Bertz CT molecular complexity index is 1310. The van der Waals surface area contributed by atoms with Crippen LogP contribution in [0.25, 0.3) is 22.1 Å². The Morgan fingerprint density at radius 1 is 1.22 bits per heavy atom. The summed E-state index contributed by atoms with van der Waals surface area (Å²) in [7, 11) is 2.00. The maximum Gasteiger partial charge on any atom is 0.145 e. The third-order valence-corrected chi connectivity index (χ3v) is 7.19. The summed E-state index contributed by atoms with van der Waals surface area (Å²) in [4.78, 5) is 13.1. The number of nitrogen functional groups attached to an aromatic ring is 1. The molecule has 3 aromatic heterocycles. The van der Waals surface area contributed by atoms with Crippen LogP contribution in [0.15, 0.2) is 43.1 Å². The molecule has 0 bridgehead atoms. The number of nitrogens with two attached hydrogens (primary N) is 1. The molecular formula is C24H28N6O2. The molecule has 1 aliphatic carbocycles. The van der Waals surface area contributed by atoms with E-state index >= 15 is 0 Å². The van der Waals surface area contributed by atoms with Crippen molar-refractivity contribution < 1.29 is 9.47 Å². The smallest absolute Gasteiger partial charge is 0.145 e. The number of aryl methyl sites for hydroxylation is 1. The zero-order chi connectivity index (χ0) is 22.0. The van der Waals surface area contributed by atoms with E-state index in [4.69, 9.17) is 15.2 Å². The van der Waals surface area contributed by atoms with Crippen LogP contribution >= 0.6 is 0 Å². The molecule has 6 rings (SSSR count). The van der Waals surface area contributed by atoms with Crippen molar-refractivity contribution in [2.45, 2.75) is 44.4 Å². The molecule has 8 nitrogen and oxygen atoms in total. The highest BCUT2D eigenvalue weighted by atomic mass is 16.5. The summed E-state index contributed by atoms with van der Waals surface area (Å²) < 4.78 is 17.1. The summed E-state index contributed by atoms with van der Waals surface area (Å²) in [6.07, 6.45) is 7.57. The Kier molecular flexibility index (Phi) is 4.24. The van der Waals surface area contributed by atoms with Gasteiger partial charge in [-0.25, -0.2) is 15.0 Å². The van der Waals surface area contributed by atoms with Crippen LogP contribution in [-0.4, -0.2) is 42.4 Å². The van der Waals surface area contributed by atoms with Gasteiger partial charge in [0.2, 0.25) is 0 Å². The van der Waals surface area contributed by atoms with Crippen LogP contribution in [-0.2, 0) is 11.8 Å². The average Bonchev–Trinajstić information content (AvgIpc) is 3.49. The maximum atomic E-state index is 6.57. The molecule has 2 fully saturated rings. The van der Waals surface area contributed by atoms with Gasteiger partial charge in [-0.05, 0) is 50.8 Å². The lowest BCUT2D eigenvalue weighted by Gasteiger charge is -2.25. The normalized spacial score (nSPS) is 26.7. The molecule has 1 saturated heterocycles. The largest absolute Gasteiger partial charge is 0.493 e. The number of imidazole rings is 1. The van der Waals surface area contributed by atoms with Gasteiger partial charge in [0.15, 0.2) is 0 Å². The van der Waals surface area contributed by atoms with Gasteiger partial charge < -0.3 is 24.3 Å². The van der Waals surface area contributed by atoms with E-state index in [0.717, 1.165) is 40.7 Å². The van der Waals surface area contributed by atoms with Crippen molar-refractivity contribution in [2.75, 3.05) is 12.3 Å². The Morgan fingerprint density at radius 3 is 2.97 bits per heavy atom. The van der Waals surface area contributed by atoms with Gasteiger partial charge in [0, 0.05) is 25.2 Å². The van der Waals surface area contributed by atoms with E-state index in [1.165, 1.54) is 6.33 Å². The molecule has 0 unspecified atom stereocenters. The number of aromatic nitrogens is 5. The first-order valence-electron chi connectivity index (χ1n) is 11.2. The van der Waals surface area contributed by atoms with Gasteiger partial charge in [0.05, 0.1) is 47.1 Å². The van der Waals surface area contributed by atoms with E-state index in [0.29, 0.717) is 24.3 Å². The highest BCUT2D eigenvalue weighted by Gasteiger charge is 2.53. The minimum absolute atomic E-state index is 0.128. The highest BCUT2D eigenvalue weighted by molar-refractivity contribution is 5.86. The number of nitrogens with zero attached hydrogens (tertiary/aromatic N) is 5. The molecule has 4 atom stereocenters. The number of benzene rings is 1. The van der Waals surface area contributed by atoms with Gasteiger partial charge >= 0.3 is 0 Å². The number of fused-ring (bicyclic) bond motifs is 3. The molecular weight excluding hydrogens is 404 g/mol. The van der Waals surface area contributed by atoms with Gasteiger partial charge in [-0.15, -0.1) is 0 Å². The van der Waals surface area contributed by atoms with Crippen LogP contribution < -0.4 is 10.5 Å². The molecule has 1 aromatic carbocycles. The Balaban J connectivity index is 1.27. The predicted octanol–water partition coefficient (Wildman–Crippen LogP) is 3.72. The van der Waals surface area contributed by atoms with Crippen molar-refractivity contribution in [3.63, 3.8) is 0 Å². The minimum Gasteiger partial charge on any atom is -0.493 e. The fourth-order valence-corrected chi connectivity index (χ4v) is 5.74. The first-order valence-corrected chi connectivity index (χ1v) is 11.2. The summed E-state index contributed by atoms with van der Waals surface area (Å²) in [5.41, 5.74) is 8.86. The first-order chi connectivity index (χ1) is 15.4. The lowest BCUT2D eigenvalue weighted by atomic mass is 9.88. The molecule has 0 radical (unpaired) electrons. The van der Waals surface area contributed by atoms with Crippen LogP contribution in [0.4, 0.5) is 5.82 Å². The zero-order valence-electron chi connectivity index (χ0n) is 18.6. The van der Waals surface area contributed by atoms with Crippen LogP contribution in [0.1, 0.15) is 32.7 Å². The molecule has 1 saturated carbocycles. The molecule has 4 aromatic rings. The second-order valence-electron chi connectivity index (χ2n) is 9.81. The van der Waals surface area contributed by atoms with E-state index in [9.17, 15) is 0 Å². The fourth-order valence-electron chi connectivity index (χ4n) is 5.74. The quantitative estimate of drug-likeness (QED) is 0.528. The van der Waals surface area contributed by atoms with E-state index < -0.39 is 0 Å². The summed E-state index contributed by atoms with van der Waals surface area (Å²) >= 11 is 0. The van der Waals surface area contributed by atoms with E-state index in [-0.39, 0.29) is 17.7 Å². The molecule has 166 valence electrons. The number of hydrogen-bond donors (Lipinski definition) is 1. The number of rotatable bonds is 4. The standard InChI is InChI=1S/C24H28N6O2/c1-24(2)10-17-14(11-31-15-4-5-19-18(9-15)28-13-29(19)3)8-20(21(17)32-24)30-7-6-16-22(25)26-12-27-23(16)30/h4-7,9,12-14,17,20-21H,8,10-11H2,1-3H3,(H2,25,26,27)/t14-,17-,20-,21-/m1/s1. The van der Waals surface area contributed by atoms with Gasteiger partial charge in [0.25, 0.3) is 0 Å². The monoisotopic (exact) mass is 432 g/mol. The topological polar surface area (TPSA) is 93.0 Å². The van der Waals surface area contributed by atoms with Gasteiger partial charge in [-0.2, -0.15) is 0 Å². The SMILES string of the molecule is Cn1cnc2cc(OC[C@H]3C[C@@H](n4ccc5c(N)ncnc54)[C@@H]4OC(C)(C)C[C@H]34)ccc21. The lowest BCUT2D eigenvalue weighted by Crippen LogP contribution is -2.26. The van der Waals surface area contributed by atoms with Gasteiger partial charge in [-0.3, -0.25) is 0 Å². The van der Waals surface area contributed by atoms with Crippen LogP contribution in [0, 0.1) is 11.8 Å². The lowest BCUT2D eigenvalue weighted by molar-refractivity contribution is -0.0346. The molecule has 2 N–H and O–H groups in total. The summed E-state index contributed by atoms with van der Waals surface area (Å²) in [6, 6.07) is 8.32. The van der Waals surface area contributed by atoms with Gasteiger partial charge in [-0.1, -0.05) is 0 Å². The summed E-state index contributed by atoms with van der Waals surface area (Å²) in [6.45, 7) is 5.03. The van der Waals surface area contributed by atoms with Crippen LogP contribution in [0.5, 0.6) is 5.75 Å². The van der Waals surface area contributed by atoms with Crippen molar-refractivity contribution >= 4 is 27.9 Å². The molecule has 32 heavy (non-hydrogen) atoms. The molecule has 4 heterocycles. The maximum absolute atomic E-state index is 6.57. The minimum atomic E-state index is -0.143. The Labute approximate surface area is 186 Å². The number of anilines is 1. The predicted molar refractivity (Wildman–Crippen MR) is 122 cm³/mol. The second kappa shape index (κ2) is 6.93. The molecule has 8 heteroatoms. The van der Waals surface area contributed by atoms with Crippen molar-refractivity contribution in [1.82, 2.24) is 24.1 Å². The molecule has 0 spiro atoms. The van der Waals surface area contributed by atoms with Crippen LogP contribution in [0.2, 0.25) is 0 Å². The van der Waals surface area contributed by atoms with E-state index in [1.54, 1.807) is 0 Å². The number of ether oxygens (including phenoxy) is 2. The Hall–Kier alpha value is -3.13.